The molecule has 0 atom stereocenters. The van der Waals surface area contributed by atoms with Crippen LogP contribution in [0.5, 0.6) is 6.01 Å². The molecule has 0 bridgehead atoms. The van der Waals surface area contributed by atoms with Gasteiger partial charge in [-0.1, -0.05) is 0 Å². The summed E-state index contributed by atoms with van der Waals surface area (Å²) in [6.45, 7) is 7.80. The molecule has 0 saturated heterocycles. The highest BCUT2D eigenvalue weighted by Gasteiger charge is 2.19. The molecule has 9 heteroatoms. The highest BCUT2D eigenvalue weighted by atomic mass is 16.6. The Morgan fingerprint density at radius 2 is 1.81 bits per heavy atom. The lowest BCUT2D eigenvalue weighted by Crippen LogP contribution is -2.26. The van der Waals surface area contributed by atoms with Crippen LogP contribution < -0.4 is 10.1 Å². The SMILES string of the molecule is COCCOc1ncc(Nc2ccc3c(c2)c(C(C)=O)cn3CC(=O)OC(C)(C)C)cn1. The van der Waals surface area contributed by atoms with Crippen molar-refractivity contribution in [2.24, 2.45) is 0 Å². The topological polar surface area (TPSA) is 105 Å². The third-order valence-electron chi connectivity index (χ3n) is 4.42. The molecule has 3 aromatic rings. The number of esters is 1. The van der Waals surface area contributed by atoms with Crippen molar-refractivity contribution in [3.05, 3.63) is 42.4 Å². The lowest BCUT2D eigenvalue weighted by Gasteiger charge is -2.19. The van der Waals surface area contributed by atoms with Gasteiger partial charge in [-0.15, -0.1) is 0 Å². The first kappa shape index (κ1) is 23.2. The van der Waals surface area contributed by atoms with Gasteiger partial charge in [0.05, 0.1) is 24.7 Å². The first-order chi connectivity index (χ1) is 15.2. The number of Topliss-reactive ketones (excluding diaryl/α,β-unsaturated/α-hetero) is 1. The second-order valence-corrected chi connectivity index (χ2v) is 8.27. The van der Waals surface area contributed by atoms with Crippen molar-refractivity contribution in [2.45, 2.75) is 39.8 Å². The summed E-state index contributed by atoms with van der Waals surface area (Å²) in [5.41, 5.74) is 2.15. The predicted molar refractivity (Wildman–Crippen MR) is 120 cm³/mol. The van der Waals surface area contributed by atoms with Gasteiger partial charge in [0.25, 0.3) is 0 Å². The molecule has 3 rings (SSSR count). The van der Waals surface area contributed by atoms with E-state index in [1.807, 2.05) is 39.0 Å². The Hall–Kier alpha value is -3.46. The third-order valence-corrected chi connectivity index (χ3v) is 4.42. The Balaban J connectivity index is 1.81. The van der Waals surface area contributed by atoms with Gasteiger partial charge in [-0.25, -0.2) is 9.97 Å². The Labute approximate surface area is 186 Å². The first-order valence-corrected chi connectivity index (χ1v) is 10.2. The van der Waals surface area contributed by atoms with Gasteiger partial charge in [-0.3, -0.25) is 9.59 Å². The van der Waals surface area contributed by atoms with Crippen LogP contribution in [-0.4, -0.2) is 52.2 Å². The lowest BCUT2D eigenvalue weighted by molar-refractivity contribution is -0.155. The minimum atomic E-state index is -0.576. The van der Waals surface area contributed by atoms with Crippen LogP contribution in [0.25, 0.3) is 10.9 Å². The van der Waals surface area contributed by atoms with Crippen LogP contribution in [0.2, 0.25) is 0 Å². The zero-order valence-corrected chi connectivity index (χ0v) is 19.0. The van der Waals surface area contributed by atoms with Gasteiger partial charge < -0.3 is 24.1 Å². The number of ketones is 1. The van der Waals surface area contributed by atoms with Crippen LogP contribution in [0.15, 0.2) is 36.8 Å². The zero-order valence-electron chi connectivity index (χ0n) is 19.0. The number of carbonyl (C=O) groups excluding carboxylic acids is 2. The van der Waals surface area contributed by atoms with Crippen molar-refractivity contribution in [1.82, 2.24) is 14.5 Å². The Bertz CT molecular complexity index is 1100. The number of hydrogen-bond acceptors (Lipinski definition) is 8. The highest BCUT2D eigenvalue weighted by molar-refractivity contribution is 6.08. The van der Waals surface area contributed by atoms with Gasteiger partial charge >= 0.3 is 12.0 Å². The lowest BCUT2D eigenvalue weighted by atomic mass is 10.1. The summed E-state index contributed by atoms with van der Waals surface area (Å²) in [4.78, 5) is 32.8. The molecule has 0 amide bonds. The van der Waals surface area contributed by atoms with Gasteiger partial charge in [0.15, 0.2) is 5.78 Å². The van der Waals surface area contributed by atoms with Crippen molar-refractivity contribution >= 4 is 34.0 Å². The van der Waals surface area contributed by atoms with Crippen molar-refractivity contribution in [1.29, 1.82) is 0 Å². The molecule has 0 aliphatic carbocycles. The Morgan fingerprint density at radius 3 is 2.44 bits per heavy atom. The number of carbonyl (C=O) groups is 2. The van der Waals surface area contributed by atoms with Gasteiger partial charge in [0.2, 0.25) is 0 Å². The summed E-state index contributed by atoms with van der Waals surface area (Å²) < 4.78 is 17.4. The molecule has 9 nitrogen and oxygen atoms in total. The Kier molecular flexibility index (Phi) is 7.09. The normalized spacial score (nSPS) is 11.4. The first-order valence-electron chi connectivity index (χ1n) is 10.2. The molecule has 0 spiro atoms. The molecule has 2 heterocycles. The maximum Gasteiger partial charge on any atom is 0.326 e. The number of ether oxygens (including phenoxy) is 3. The minimum absolute atomic E-state index is 0.0200. The van der Waals surface area contributed by atoms with Gasteiger partial charge in [-0.05, 0) is 45.9 Å². The fraction of sp³-hybridized carbons (Fsp3) is 0.391. The molecule has 2 aromatic heterocycles. The number of aromatic nitrogens is 3. The second kappa shape index (κ2) is 9.78. The molecule has 170 valence electrons. The summed E-state index contributed by atoms with van der Waals surface area (Å²) in [6.07, 6.45) is 4.91. The molecular weight excluding hydrogens is 412 g/mol. The molecule has 0 radical (unpaired) electrons. The maximum atomic E-state index is 12.3. The van der Waals surface area contributed by atoms with E-state index in [2.05, 4.69) is 15.3 Å². The van der Waals surface area contributed by atoms with E-state index in [4.69, 9.17) is 14.2 Å². The monoisotopic (exact) mass is 440 g/mol. The summed E-state index contributed by atoms with van der Waals surface area (Å²) in [5, 5.41) is 3.96. The number of nitrogens with one attached hydrogen (secondary N) is 1. The fourth-order valence-electron chi connectivity index (χ4n) is 3.14. The van der Waals surface area contributed by atoms with E-state index in [1.165, 1.54) is 6.92 Å². The van der Waals surface area contributed by atoms with E-state index >= 15 is 0 Å². The molecule has 32 heavy (non-hydrogen) atoms. The van der Waals surface area contributed by atoms with Crippen LogP contribution in [0.4, 0.5) is 11.4 Å². The number of hydrogen-bond donors (Lipinski definition) is 1. The summed E-state index contributed by atoms with van der Waals surface area (Å²) in [7, 11) is 1.59. The van der Waals surface area contributed by atoms with Gasteiger partial charge in [0.1, 0.15) is 18.8 Å². The quantitative estimate of drug-likeness (QED) is 0.305. The van der Waals surface area contributed by atoms with E-state index < -0.39 is 5.60 Å². The summed E-state index contributed by atoms with van der Waals surface area (Å²) >= 11 is 0. The average Bonchev–Trinajstić information content (AvgIpc) is 3.06. The smallest absolute Gasteiger partial charge is 0.326 e. The highest BCUT2D eigenvalue weighted by Crippen LogP contribution is 2.27. The minimum Gasteiger partial charge on any atom is -0.461 e. The molecule has 1 N–H and O–H groups in total. The van der Waals surface area contributed by atoms with Crippen LogP contribution in [0, 0.1) is 0 Å². The second-order valence-electron chi connectivity index (χ2n) is 8.27. The molecule has 1 aromatic carbocycles. The van der Waals surface area contributed by atoms with Crippen LogP contribution in [-0.2, 0) is 20.8 Å². The molecule has 0 saturated carbocycles. The average molecular weight is 441 g/mol. The van der Waals surface area contributed by atoms with Crippen LogP contribution >= 0.6 is 0 Å². The van der Waals surface area contributed by atoms with E-state index in [0.29, 0.717) is 24.5 Å². The zero-order chi connectivity index (χ0) is 23.3. The van der Waals surface area contributed by atoms with Crippen molar-refractivity contribution in [3.63, 3.8) is 0 Å². The number of nitrogens with zero attached hydrogens (tertiary/aromatic N) is 3. The van der Waals surface area contributed by atoms with E-state index in [-0.39, 0.29) is 24.3 Å². The van der Waals surface area contributed by atoms with Crippen molar-refractivity contribution < 1.29 is 23.8 Å². The number of anilines is 2. The maximum absolute atomic E-state index is 12.3. The van der Waals surface area contributed by atoms with Gasteiger partial charge in [0, 0.05) is 35.5 Å². The predicted octanol–water partition coefficient (Wildman–Crippen LogP) is 3.74. The van der Waals surface area contributed by atoms with Crippen molar-refractivity contribution in [3.8, 4) is 6.01 Å². The van der Waals surface area contributed by atoms with E-state index in [1.54, 1.807) is 30.3 Å². The molecule has 0 unspecified atom stereocenters. The number of fused-ring (bicyclic) bond motifs is 1. The van der Waals surface area contributed by atoms with E-state index in [9.17, 15) is 9.59 Å². The fourth-order valence-corrected chi connectivity index (χ4v) is 3.14. The number of rotatable bonds is 9. The van der Waals surface area contributed by atoms with E-state index in [0.717, 1.165) is 16.6 Å². The molecular formula is C23H28N4O5. The number of benzene rings is 1. The summed E-state index contributed by atoms with van der Waals surface area (Å²) in [6, 6.07) is 5.85. The largest absolute Gasteiger partial charge is 0.461 e. The number of methoxy groups -OCH3 is 1. The molecule has 0 fully saturated rings. The Morgan fingerprint density at radius 1 is 1.09 bits per heavy atom. The van der Waals surface area contributed by atoms with Gasteiger partial charge in [-0.2, -0.15) is 0 Å². The standard InChI is InChI=1S/C23H28N4O5/c1-15(28)19-13-27(14-21(29)32-23(2,3)4)20-7-6-16(10-18(19)20)26-17-11-24-22(25-12-17)31-9-8-30-5/h6-7,10-13,26H,8-9,14H2,1-5H3. The van der Waals surface area contributed by atoms with Crippen LogP contribution in [0.1, 0.15) is 38.1 Å². The van der Waals surface area contributed by atoms with Crippen LogP contribution in [0.3, 0.4) is 0 Å². The molecule has 0 aliphatic heterocycles. The summed E-state index contributed by atoms with van der Waals surface area (Å²) in [5.74, 6) is -0.451. The van der Waals surface area contributed by atoms with Crippen molar-refractivity contribution in [2.75, 3.05) is 25.6 Å². The molecule has 0 aliphatic rings. The third kappa shape index (κ3) is 6.04.